The van der Waals surface area contributed by atoms with E-state index in [0.717, 1.165) is 42.6 Å². The highest BCUT2D eigenvalue weighted by Gasteiger charge is 2.28. The van der Waals surface area contributed by atoms with Crippen molar-refractivity contribution in [2.75, 3.05) is 13.7 Å². The van der Waals surface area contributed by atoms with Gasteiger partial charge in [0.05, 0.1) is 7.11 Å². The molecule has 0 radical (unpaired) electrons. The zero-order valence-electron chi connectivity index (χ0n) is 19.3. The van der Waals surface area contributed by atoms with E-state index in [1.807, 2.05) is 55.5 Å². The highest BCUT2D eigenvalue weighted by Crippen LogP contribution is 2.20. The molecule has 1 atom stereocenters. The smallest absolute Gasteiger partial charge is 0.261 e. The van der Waals surface area contributed by atoms with E-state index in [1.54, 1.807) is 18.9 Å². The maximum atomic E-state index is 13.2. The lowest BCUT2D eigenvalue weighted by Crippen LogP contribution is -2.51. The minimum absolute atomic E-state index is 0.116. The van der Waals surface area contributed by atoms with Gasteiger partial charge in [-0.3, -0.25) is 9.59 Å². The Bertz CT molecular complexity index is 891. The van der Waals surface area contributed by atoms with Gasteiger partial charge in [-0.05, 0) is 56.0 Å². The summed E-state index contributed by atoms with van der Waals surface area (Å²) in [6, 6.07) is 14.7. The zero-order chi connectivity index (χ0) is 22.9. The first kappa shape index (κ1) is 23.6. The second-order valence-electron chi connectivity index (χ2n) is 8.44. The SMILES string of the molecule is COc1ccc(CN(C(=O)COc2ccccc2C)[C@H](C)C(=O)NC2CCCCC2)cc1. The van der Waals surface area contributed by atoms with Crippen molar-refractivity contribution in [3.63, 3.8) is 0 Å². The van der Waals surface area contributed by atoms with Crippen LogP contribution in [0.5, 0.6) is 11.5 Å². The summed E-state index contributed by atoms with van der Waals surface area (Å²) in [4.78, 5) is 27.8. The molecule has 1 N–H and O–H groups in total. The van der Waals surface area contributed by atoms with E-state index in [0.29, 0.717) is 12.3 Å². The molecule has 2 aromatic rings. The summed E-state index contributed by atoms with van der Waals surface area (Å²) in [5.74, 6) is 1.08. The first-order chi connectivity index (χ1) is 15.5. The minimum atomic E-state index is -0.605. The molecule has 0 aliphatic heterocycles. The van der Waals surface area contributed by atoms with Crippen molar-refractivity contribution in [2.45, 2.75) is 64.6 Å². The number of methoxy groups -OCH3 is 1. The van der Waals surface area contributed by atoms with Crippen LogP contribution in [0.15, 0.2) is 48.5 Å². The number of hydrogen-bond donors (Lipinski definition) is 1. The Morgan fingerprint density at radius 3 is 2.41 bits per heavy atom. The topological polar surface area (TPSA) is 67.9 Å². The molecule has 2 aromatic carbocycles. The minimum Gasteiger partial charge on any atom is -0.497 e. The third kappa shape index (κ3) is 6.49. The van der Waals surface area contributed by atoms with Gasteiger partial charge in [-0.2, -0.15) is 0 Å². The largest absolute Gasteiger partial charge is 0.497 e. The monoisotopic (exact) mass is 438 g/mol. The third-order valence-electron chi connectivity index (χ3n) is 6.08. The van der Waals surface area contributed by atoms with Gasteiger partial charge in [0, 0.05) is 12.6 Å². The lowest BCUT2D eigenvalue weighted by Gasteiger charge is -2.31. The molecule has 0 saturated heterocycles. The quantitative estimate of drug-likeness (QED) is 0.636. The van der Waals surface area contributed by atoms with Crippen molar-refractivity contribution >= 4 is 11.8 Å². The first-order valence-corrected chi connectivity index (χ1v) is 11.4. The molecule has 3 rings (SSSR count). The summed E-state index contributed by atoms with van der Waals surface area (Å²) < 4.78 is 11.0. The van der Waals surface area contributed by atoms with Crippen LogP contribution in [0.25, 0.3) is 0 Å². The maximum Gasteiger partial charge on any atom is 0.261 e. The number of carbonyl (C=O) groups is 2. The van der Waals surface area contributed by atoms with Crippen LogP contribution >= 0.6 is 0 Å². The number of carbonyl (C=O) groups excluding carboxylic acids is 2. The Labute approximate surface area is 190 Å². The van der Waals surface area contributed by atoms with Gasteiger partial charge in [0.1, 0.15) is 17.5 Å². The van der Waals surface area contributed by atoms with Gasteiger partial charge in [0.2, 0.25) is 5.91 Å². The van der Waals surface area contributed by atoms with Crippen LogP contribution in [0.1, 0.15) is 50.2 Å². The number of hydrogen-bond acceptors (Lipinski definition) is 4. The molecule has 1 fully saturated rings. The second-order valence-corrected chi connectivity index (χ2v) is 8.44. The molecular weight excluding hydrogens is 404 g/mol. The average molecular weight is 439 g/mol. The number of aryl methyl sites for hydroxylation is 1. The summed E-state index contributed by atoms with van der Waals surface area (Å²) in [5, 5.41) is 3.15. The summed E-state index contributed by atoms with van der Waals surface area (Å²) in [5.41, 5.74) is 1.89. The number of para-hydroxylation sites is 1. The number of nitrogens with one attached hydrogen (secondary N) is 1. The van der Waals surface area contributed by atoms with Crippen molar-refractivity contribution in [3.05, 3.63) is 59.7 Å². The fraction of sp³-hybridized carbons (Fsp3) is 0.462. The van der Waals surface area contributed by atoms with E-state index in [4.69, 9.17) is 9.47 Å². The molecule has 1 saturated carbocycles. The van der Waals surface area contributed by atoms with Gasteiger partial charge in [-0.1, -0.05) is 49.6 Å². The van der Waals surface area contributed by atoms with Crippen LogP contribution in [0, 0.1) is 6.92 Å². The predicted molar refractivity (Wildman–Crippen MR) is 125 cm³/mol. The van der Waals surface area contributed by atoms with Crippen molar-refractivity contribution in [3.8, 4) is 11.5 Å². The molecule has 0 heterocycles. The van der Waals surface area contributed by atoms with Crippen LogP contribution in [0.4, 0.5) is 0 Å². The normalized spacial score (nSPS) is 15.0. The molecule has 1 aliphatic rings. The maximum absolute atomic E-state index is 13.2. The average Bonchev–Trinajstić information content (AvgIpc) is 2.82. The van der Waals surface area contributed by atoms with E-state index in [9.17, 15) is 9.59 Å². The van der Waals surface area contributed by atoms with Crippen LogP contribution in [-0.4, -0.2) is 42.5 Å². The van der Waals surface area contributed by atoms with E-state index < -0.39 is 6.04 Å². The fourth-order valence-corrected chi connectivity index (χ4v) is 4.02. The summed E-state index contributed by atoms with van der Waals surface area (Å²) in [7, 11) is 1.62. The van der Waals surface area contributed by atoms with Crippen LogP contribution in [0.2, 0.25) is 0 Å². The van der Waals surface area contributed by atoms with Crippen molar-refractivity contribution < 1.29 is 19.1 Å². The Kier molecular flexibility index (Phi) is 8.54. The summed E-state index contributed by atoms with van der Waals surface area (Å²) in [6.07, 6.45) is 5.50. The zero-order valence-corrected chi connectivity index (χ0v) is 19.3. The molecule has 172 valence electrons. The fourth-order valence-electron chi connectivity index (χ4n) is 4.02. The van der Waals surface area contributed by atoms with Crippen molar-refractivity contribution in [1.29, 1.82) is 0 Å². The van der Waals surface area contributed by atoms with Gasteiger partial charge < -0.3 is 19.7 Å². The van der Waals surface area contributed by atoms with Crippen molar-refractivity contribution in [2.24, 2.45) is 0 Å². The molecule has 0 aromatic heterocycles. The number of amides is 2. The lowest BCUT2D eigenvalue weighted by molar-refractivity contribution is -0.142. The Morgan fingerprint density at radius 1 is 1.06 bits per heavy atom. The van der Waals surface area contributed by atoms with Crippen LogP contribution in [0.3, 0.4) is 0 Å². The predicted octanol–water partition coefficient (Wildman–Crippen LogP) is 4.25. The van der Waals surface area contributed by atoms with E-state index in [-0.39, 0.29) is 24.5 Å². The van der Waals surface area contributed by atoms with Gasteiger partial charge in [-0.15, -0.1) is 0 Å². The third-order valence-corrected chi connectivity index (χ3v) is 6.08. The highest BCUT2D eigenvalue weighted by molar-refractivity contribution is 5.88. The molecule has 6 nitrogen and oxygen atoms in total. The summed E-state index contributed by atoms with van der Waals surface area (Å²) >= 11 is 0. The Morgan fingerprint density at radius 2 is 1.75 bits per heavy atom. The first-order valence-electron chi connectivity index (χ1n) is 11.4. The molecule has 6 heteroatoms. The number of benzene rings is 2. The van der Waals surface area contributed by atoms with Crippen LogP contribution in [-0.2, 0) is 16.1 Å². The molecular formula is C26H34N2O4. The van der Waals surface area contributed by atoms with E-state index in [2.05, 4.69) is 5.32 Å². The molecule has 0 unspecified atom stereocenters. The molecule has 32 heavy (non-hydrogen) atoms. The Balaban J connectivity index is 1.71. The van der Waals surface area contributed by atoms with Crippen molar-refractivity contribution in [1.82, 2.24) is 10.2 Å². The molecule has 0 bridgehead atoms. The standard InChI is InChI=1S/C26H34N2O4/c1-19-9-7-8-12-24(19)32-18-25(29)28(17-21-13-15-23(31-3)16-14-21)20(2)26(30)27-22-10-5-4-6-11-22/h7-9,12-16,20,22H,4-6,10-11,17-18H2,1-3H3,(H,27,30)/t20-/m1/s1. The molecule has 0 spiro atoms. The molecule has 1 aliphatic carbocycles. The molecule has 2 amide bonds. The van der Waals surface area contributed by atoms with E-state index in [1.165, 1.54) is 6.42 Å². The lowest BCUT2D eigenvalue weighted by atomic mass is 9.95. The number of rotatable bonds is 9. The Hall–Kier alpha value is -3.02. The number of nitrogens with zero attached hydrogens (tertiary/aromatic N) is 1. The van der Waals surface area contributed by atoms with Gasteiger partial charge in [0.15, 0.2) is 6.61 Å². The number of ether oxygens (including phenoxy) is 2. The van der Waals surface area contributed by atoms with Crippen LogP contribution < -0.4 is 14.8 Å². The van der Waals surface area contributed by atoms with Gasteiger partial charge in [-0.25, -0.2) is 0 Å². The highest BCUT2D eigenvalue weighted by atomic mass is 16.5. The summed E-state index contributed by atoms with van der Waals surface area (Å²) in [6.45, 7) is 3.92. The van der Waals surface area contributed by atoms with Gasteiger partial charge >= 0.3 is 0 Å². The van der Waals surface area contributed by atoms with Gasteiger partial charge in [0.25, 0.3) is 5.91 Å². The van der Waals surface area contributed by atoms with E-state index >= 15 is 0 Å². The second kappa shape index (κ2) is 11.6.